The molecule has 2 heterocycles. The molecule has 1 atom stereocenters. The number of hydrogen-bond donors (Lipinski definition) is 1. The lowest BCUT2D eigenvalue weighted by atomic mass is 9.87. The zero-order chi connectivity index (χ0) is 18.4. The van der Waals surface area contributed by atoms with Gasteiger partial charge in [0.15, 0.2) is 0 Å². The molecule has 0 spiro atoms. The number of furan rings is 1. The molecule has 0 amide bonds. The standard InChI is InChI=1S/C22H21N3O2/c1-25(17-11-6-8-14-7-2-3-9-15(14)17)13-19-23-20-16-10-4-5-12-18(16)27-21(20)22(26)24-19/h2-5,7,9-10,12,17H,6,8,11,13H2,1H3,(H,23,24,26)/t17-/m0/s1. The van der Waals surface area contributed by atoms with E-state index in [9.17, 15) is 4.79 Å². The molecule has 5 heteroatoms. The predicted molar refractivity (Wildman–Crippen MR) is 106 cm³/mol. The average Bonchev–Trinajstić information content (AvgIpc) is 3.07. The lowest BCUT2D eigenvalue weighted by Crippen LogP contribution is -2.29. The second kappa shape index (κ2) is 6.35. The number of para-hydroxylation sites is 1. The zero-order valence-electron chi connectivity index (χ0n) is 15.2. The topological polar surface area (TPSA) is 62.1 Å². The highest BCUT2D eigenvalue weighted by Gasteiger charge is 2.24. The molecule has 0 fully saturated rings. The van der Waals surface area contributed by atoms with Gasteiger partial charge in [-0.2, -0.15) is 0 Å². The highest BCUT2D eigenvalue weighted by molar-refractivity contribution is 6.01. The van der Waals surface area contributed by atoms with Crippen LogP contribution in [-0.4, -0.2) is 21.9 Å². The summed E-state index contributed by atoms with van der Waals surface area (Å²) < 4.78 is 5.69. The van der Waals surface area contributed by atoms with E-state index in [2.05, 4.69) is 41.2 Å². The van der Waals surface area contributed by atoms with Crippen molar-refractivity contribution in [2.45, 2.75) is 31.8 Å². The van der Waals surface area contributed by atoms with Gasteiger partial charge in [-0.05, 0) is 49.6 Å². The van der Waals surface area contributed by atoms with Gasteiger partial charge in [-0.15, -0.1) is 0 Å². The van der Waals surface area contributed by atoms with Crippen LogP contribution in [0.1, 0.15) is 35.8 Å². The third-order valence-corrected chi connectivity index (χ3v) is 5.55. The van der Waals surface area contributed by atoms with Crippen LogP contribution in [0.3, 0.4) is 0 Å². The van der Waals surface area contributed by atoms with E-state index in [4.69, 9.17) is 9.40 Å². The summed E-state index contributed by atoms with van der Waals surface area (Å²) in [7, 11) is 2.10. The summed E-state index contributed by atoms with van der Waals surface area (Å²) in [5, 5.41) is 0.880. The molecule has 5 nitrogen and oxygen atoms in total. The van der Waals surface area contributed by atoms with Gasteiger partial charge < -0.3 is 9.40 Å². The second-order valence-electron chi connectivity index (χ2n) is 7.31. The first kappa shape index (κ1) is 16.3. The van der Waals surface area contributed by atoms with E-state index in [1.54, 1.807) is 0 Å². The van der Waals surface area contributed by atoms with Crippen molar-refractivity contribution < 1.29 is 4.42 Å². The van der Waals surface area contributed by atoms with Gasteiger partial charge in [0.25, 0.3) is 5.56 Å². The smallest absolute Gasteiger partial charge is 0.294 e. The Morgan fingerprint density at radius 2 is 2.00 bits per heavy atom. The lowest BCUT2D eigenvalue weighted by Gasteiger charge is -2.33. The van der Waals surface area contributed by atoms with Crippen molar-refractivity contribution in [2.24, 2.45) is 0 Å². The van der Waals surface area contributed by atoms with Gasteiger partial charge in [0.1, 0.15) is 16.9 Å². The van der Waals surface area contributed by atoms with Crippen LogP contribution in [0.25, 0.3) is 22.1 Å². The average molecular weight is 359 g/mol. The molecule has 27 heavy (non-hydrogen) atoms. The van der Waals surface area contributed by atoms with E-state index in [1.807, 2.05) is 24.3 Å². The van der Waals surface area contributed by atoms with Crippen LogP contribution in [0.5, 0.6) is 0 Å². The van der Waals surface area contributed by atoms with Crippen LogP contribution >= 0.6 is 0 Å². The summed E-state index contributed by atoms with van der Waals surface area (Å²) >= 11 is 0. The molecule has 0 radical (unpaired) electrons. The number of nitrogens with zero attached hydrogens (tertiary/aromatic N) is 2. The number of hydrogen-bond acceptors (Lipinski definition) is 4. The van der Waals surface area contributed by atoms with Gasteiger partial charge in [-0.25, -0.2) is 4.98 Å². The zero-order valence-corrected chi connectivity index (χ0v) is 15.2. The van der Waals surface area contributed by atoms with E-state index in [1.165, 1.54) is 17.5 Å². The summed E-state index contributed by atoms with van der Waals surface area (Å²) in [6, 6.07) is 16.6. The minimum atomic E-state index is -0.219. The van der Waals surface area contributed by atoms with Crippen molar-refractivity contribution in [1.82, 2.24) is 14.9 Å². The summed E-state index contributed by atoms with van der Waals surface area (Å²) in [6.45, 7) is 0.587. The van der Waals surface area contributed by atoms with Crippen molar-refractivity contribution in [3.8, 4) is 0 Å². The minimum Gasteiger partial charge on any atom is -0.449 e. The molecule has 5 rings (SSSR count). The Bertz CT molecular complexity index is 1190. The summed E-state index contributed by atoms with van der Waals surface area (Å²) in [4.78, 5) is 22.4. The van der Waals surface area contributed by atoms with Gasteiger partial charge in [-0.1, -0.05) is 36.4 Å². The van der Waals surface area contributed by atoms with Crippen LogP contribution in [-0.2, 0) is 13.0 Å². The van der Waals surface area contributed by atoms with Crippen molar-refractivity contribution in [1.29, 1.82) is 0 Å². The van der Waals surface area contributed by atoms with Crippen LogP contribution in [0.15, 0.2) is 57.7 Å². The lowest BCUT2D eigenvalue weighted by molar-refractivity contribution is 0.208. The fourth-order valence-corrected chi connectivity index (χ4v) is 4.25. The van der Waals surface area contributed by atoms with Crippen molar-refractivity contribution in [3.63, 3.8) is 0 Å². The molecule has 1 N–H and O–H groups in total. The summed E-state index contributed by atoms with van der Waals surface area (Å²) in [6.07, 6.45) is 3.44. The number of aromatic amines is 1. The Balaban J connectivity index is 1.51. The maximum absolute atomic E-state index is 12.5. The number of rotatable bonds is 3. The Kier molecular flexibility index (Phi) is 3.83. The molecule has 4 aromatic rings. The van der Waals surface area contributed by atoms with E-state index in [-0.39, 0.29) is 5.56 Å². The van der Waals surface area contributed by atoms with E-state index >= 15 is 0 Å². The highest BCUT2D eigenvalue weighted by Crippen LogP contribution is 2.34. The maximum Gasteiger partial charge on any atom is 0.294 e. The van der Waals surface area contributed by atoms with Crippen molar-refractivity contribution in [2.75, 3.05) is 7.05 Å². The maximum atomic E-state index is 12.5. The largest absolute Gasteiger partial charge is 0.449 e. The number of nitrogens with one attached hydrogen (secondary N) is 1. The monoisotopic (exact) mass is 359 g/mol. The Labute approximate surface area is 156 Å². The van der Waals surface area contributed by atoms with Crippen LogP contribution in [0.4, 0.5) is 0 Å². The predicted octanol–water partition coefficient (Wildman–Crippen LogP) is 4.18. The third kappa shape index (κ3) is 2.75. The molecule has 0 saturated heterocycles. The fourth-order valence-electron chi connectivity index (χ4n) is 4.25. The molecule has 2 aromatic heterocycles. The molecule has 136 valence electrons. The SMILES string of the molecule is CN(Cc1nc2c(oc3ccccc32)c(=O)[nH]1)[C@H]1CCCc2ccccc21. The van der Waals surface area contributed by atoms with Gasteiger partial charge in [0.2, 0.25) is 5.58 Å². The number of benzene rings is 2. The van der Waals surface area contributed by atoms with Crippen LogP contribution < -0.4 is 5.56 Å². The number of aromatic nitrogens is 2. The third-order valence-electron chi connectivity index (χ3n) is 5.55. The molecule has 0 unspecified atom stereocenters. The number of fused-ring (bicyclic) bond motifs is 4. The van der Waals surface area contributed by atoms with E-state index < -0.39 is 0 Å². The van der Waals surface area contributed by atoms with E-state index in [0.717, 1.165) is 18.2 Å². The molecule has 1 aliphatic carbocycles. The molecule has 0 saturated carbocycles. The van der Waals surface area contributed by atoms with E-state index in [0.29, 0.717) is 35.1 Å². The van der Waals surface area contributed by atoms with Gasteiger partial charge in [-0.3, -0.25) is 9.69 Å². The highest BCUT2D eigenvalue weighted by atomic mass is 16.3. The molecular weight excluding hydrogens is 338 g/mol. The van der Waals surface area contributed by atoms with Crippen LogP contribution in [0.2, 0.25) is 0 Å². The summed E-state index contributed by atoms with van der Waals surface area (Å²) in [5.74, 6) is 0.671. The Morgan fingerprint density at radius 1 is 1.19 bits per heavy atom. The summed E-state index contributed by atoms with van der Waals surface area (Å²) in [5.41, 5.74) is 4.23. The number of H-pyrrole nitrogens is 1. The Morgan fingerprint density at radius 3 is 2.93 bits per heavy atom. The molecular formula is C22H21N3O2. The van der Waals surface area contributed by atoms with Crippen LogP contribution in [0, 0.1) is 0 Å². The molecule has 0 bridgehead atoms. The number of aryl methyl sites for hydroxylation is 1. The fraction of sp³-hybridized carbons (Fsp3) is 0.273. The first-order chi connectivity index (χ1) is 13.2. The van der Waals surface area contributed by atoms with Gasteiger partial charge in [0.05, 0.1) is 6.54 Å². The molecule has 1 aliphatic rings. The van der Waals surface area contributed by atoms with Gasteiger partial charge >= 0.3 is 0 Å². The molecule has 0 aliphatic heterocycles. The Hall–Kier alpha value is -2.92. The normalized spacial score (nSPS) is 16.9. The first-order valence-corrected chi connectivity index (χ1v) is 9.39. The molecule has 2 aromatic carbocycles. The van der Waals surface area contributed by atoms with Crippen molar-refractivity contribution in [3.05, 3.63) is 75.8 Å². The quantitative estimate of drug-likeness (QED) is 0.596. The van der Waals surface area contributed by atoms with Gasteiger partial charge in [0, 0.05) is 11.4 Å². The first-order valence-electron chi connectivity index (χ1n) is 9.39. The van der Waals surface area contributed by atoms with Crippen molar-refractivity contribution >= 4 is 22.1 Å². The second-order valence-corrected chi connectivity index (χ2v) is 7.31. The minimum absolute atomic E-state index is 0.219.